The first-order valence-electron chi connectivity index (χ1n) is 4.78. The van der Waals surface area contributed by atoms with Crippen LogP contribution in [0.15, 0.2) is 11.4 Å². The molecule has 0 radical (unpaired) electrons. The molecular formula is C8H11N5O2S. The fraction of sp³-hybridized carbons (Fsp3) is 0.500. The molecule has 0 aromatic carbocycles. The van der Waals surface area contributed by atoms with E-state index in [1.54, 1.807) is 0 Å². The van der Waals surface area contributed by atoms with Gasteiger partial charge in [-0.3, -0.25) is 4.79 Å². The summed E-state index contributed by atoms with van der Waals surface area (Å²) in [6.07, 6.45) is 3.33. The van der Waals surface area contributed by atoms with Gasteiger partial charge < -0.3 is 16.3 Å². The van der Waals surface area contributed by atoms with Gasteiger partial charge in [-0.15, -0.1) is 5.10 Å². The number of nitrogens with zero attached hydrogens (tertiary/aromatic N) is 3. The number of aromatic nitrogens is 2. The van der Waals surface area contributed by atoms with Crippen LogP contribution in [0.25, 0.3) is 0 Å². The Morgan fingerprint density at radius 2 is 2.50 bits per heavy atom. The number of hydrogen-bond donors (Lipinski definition) is 3. The van der Waals surface area contributed by atoms with Crippen LogP contribution in [0, 0.1) is 5.92 Å². The van der Waals surface area contributed by atoms with Crippen LogP contribution in [0.3, 0.4) is 0 Å². The average molecular weight is 241 g/mol. The van der Waals surface area contributed by atoms with Crippen molar-refractivity contribution in [2.24, 2.45) is 16.8 Å². The number of nitrogens with one attached hydrogen (secondary N) is 1. The minimum atomic E-state index is -0.403. The van der Waals surface area contributed by atoms with Gasteiger partial charge in [0.25, 0.3) is 5.91 Å². The van der Waals surface area contributed by atoms with Crippen LogP contribution in [-0.4, -0.2) is 32.6 Å². The maximum Gasteiger partial charge on any atom is 0.265 e. The second-order valence-electron chi connectivity index (χ2n) is 3.60. The first-order valence-corrected chi connectivity index (χ1v) is 5.55. The molecule has 1 atom stereocenters. The summed E-state index contributed by atoms with van der Waals surface area (Å²) in [4.78, 5) is 12.1. The van der Waals surface area contributed by atoms with Crippen LogP contribution in [0.4, 0.5) is 0 Å². The van der Waals surface area contributed by atoms with Crippen LogP contribution in [0.2, 0.25) is 0 Å². The maximum atomic E-state index is 11.7. The van der Waals surface area contributed by atoms with Gasteiger partial charge in [0.2, 0.25) is 0 Å². The molecule has 0 spiro atoms. The molecule has 1 aromatic rings. The second-order valence-corrected chi connectivity index (χ2v) is 4.38. The third kappa shape index (κ3) is 2.27. The smallest absolute Gasteiger partial charge is 0.265 e. The molecule has 1 aliphatic carbocycles. The zero-order valence-electron chi connectivity index (χ0n) is 8.33. The summed E-state index contributed by atoms with van der Waals surface area (Å²) in [6.45, 7) is 0. The zero-order valence-corrected chi connectivity index (χ0v) is 9.15. The lowest BCUT2D eigenvalue weighted by Gasteiger charge is -2.15. The molecule has 0 saturated heterocycles. The number of hydrogen-bond acceptors (Lipinski definition) is 6. The number of amidine groups is 1. The summed E-state index contributed by atoms with van der Waals surface area (Å²) in [6, 6.07) is -0.403. The molecule has 2 rings (SSSR count). The normalized spacial score (nSPS) is 18.1. The highest BCUT2D eigenvalue weighted by molar-refractivity contribution is 7.07. The zero-order chi connectivity index (χ0) is 11.5. The summed E-state index contributed by atoms with van der Waals surface area (Å²) in [5.74, 6) is 0.00700. The van der Waals surface area contributed by atoms with Gasteiger partial charge in [-0.05, 0) is 30.3 Å². The van der Waals surface area contributed by atoms with Crippen molar-refractivity contribution in [1.29, 1.82) is 0 Å². The molecule has 8 heteroatoms. The van der Waals surface area contributed by atoms with E-state index in [0.717, 1.165) is 24.4 Å². The Labute approximate surface area is 95.5 Å². The molecule has 1 aromatic heterocycles. The fourth-order valence-corrected chi connectivity index (χ4v) is 1.82. The number of carbonyl (C=O) groups excluding carboxylic acids is 1. The number of carbonyl (C=O) groups is 1. The van der Waals surface area contributed by atoms with Crippen molar-refractivity contribution in [3.8, 4) is 0 Å². The van der Waals surface area contributed by atoms with E-state index in [0.29, 0.717) is 4.88 Å². The number of nitrogens with two attached hydrogens (primary N) is 1. The monoisotopic (exact) mass is 241 g/mol. The Balaban J connectivity index is 2.03. The van der Waals surface area contributed by atoms with Crippen molar-refractivity contribution in [2.45, 2.75) is 18.9 Å². The molecular weight excluding hydrogens is 230 g/mol. The SMILES string of the molecule is NC(=NO)C(NC(=O)c1cnns1)C1CC1. The van der Waals surface area contributed by atoms with E-state index in [1.807, 2.05) is 0 Å². The van der Waals surface area contributed by atoms with Gasteiger partial charge in [0, 0.05) is 0 Å². The number of amides is 1. The van der Waals surface area contributed by atoms with Gasteiger partial charge in [-0.1, -0.05) is 9.64 Å². The van der Waals surface area contributed by atoms with E-state index < -0.39 is 6.04 Å². The molecule has 4 N–H and O–H groups in total. The quantitative estimate of drug-likeness (QED) is 0.292. The maximum absolute atomic E-state index is 11.7. The molecule has 7 nitrogen and oxygen atoms in total. The molecule has 1 fully saturated rings. The molecule has 0 aliphatic heterocycles. The second kappa shape index (κ2) is 4.44. The predicted octanol–water partition coefficient (Wildman–Crippen LogP) is -0.207. The number of rotatable bonds is 4. The average Bonchev–Trinajstić information content (AvgIpc) is 2.98. The first kappa shape index (κ1) is 10.8. The topological polar surface area (TPSA) is 113 Å². The van der Waals surface area contributed by atoms with Crippen molar-refractivity contribution >= 4 is 23.3 Å². The molecule has 1 heterocycles. The Bertz CT molecular complexity index is 401. The van der Waals surface area contributed by atoms with Crippen molar-refractivity contribution in [2.75, 3.05) is 0 Å². The Morgan fingerprint density at radius 3 is 3.00 bits per heavy atom. The Morgan fingerprint density at radius 1 is 1.75 bits per heavy atom. The third-order valence-electron chi connectivity index (χ3n) is 2.40. The highest BCUT2D eigenvalue weighted by atomic mass is 32.1. The lowest BCUT2D eigenvalue weighted by Crippen LogP contribution is -2.45. The first-order chi connectivity index (χ1) is 7.72. The molecule has 1 unspecified atom stereocenters. The lowest BCUT2D eigenvalue weighted by molar-refractivity contribution is 0.0947. The lowest BCUT2D eigenvalue weighted by atomic mass is 10.1. The number of oxime groups is 1. The van der Waals surface area contributed by atoms with Crippen LogP contribution in [0.5, 0.6) is 0 Å². The largest absolute Gasteiger partial charge is 0.409 e. The fourth-order valence-electron chi connectivity index (χ4n) is 1.40. The summed E-state index contributed by atoms with van der Waals surface area (Å²) in [5, 5.41) is 17.8. The summed E-state index contributed by atoms with van der Waals surface area (Å²) in [5.41, 5.74) is 5.52. The van der Waals surface area contributed by atoms with Gasteiger partial charge >= 0.3 is 0 Å². The molecule has 1 saturated carbocycles. The van der Waals surface area contributed by atoms with Crippen molar-refractivity contribution in [3.63, 3.8) is 0 Å². The van der Waals surface area contributed by atoms with E-state index in [1.165, 1.54) is 6.20 Å². The molecule has 1 amide bonds. The van der Waals surface area contributed by atoms with Crippen LogP contribution >= 0.6 is 11.5 Å². The third-order valence-corrected chi connectivity index (χ3v) is 3.06. The summed E-state index contributed by atoms with van der Waals surface area (Å²) in [7, 11) is 0. The van der Waals surface area contributed by atoms with E-state index in [9.17, 15) is 4.79 Å². The standard InChI is InChI=1S/C8H11N5O2S/c9-7(12-15)6(4-1-2-4)11-8(14)5-3-10-13-16-5/h3-4,6,15H,1-2H2,(H2,9,12)(H,11,14). The minimum absolute atomic E-state index is 0.0355. The van der Waals surface area contributed by atoms with Crippen molar-refractivity contribution in [1.82, 2.24) is 14.9 Å². The minimum Gasteiger partial charge on any atom is -0.409 e. The van der Waals surface area contributed by atoms with Crippen molar-refractivity contribution < 1.29 is 10.0 Å². The molecule has 0 bridgehead atoms. The Kier molecular flexibility index (Phi) is 3.00. The van der Waals surface area contributed by atoms with E-state index >= 15 is 0 Å². The van der Waals surface area contributed by atoms with Crippen molar-refractivity contribution in [3.05, 3.63) is 11.1 Å². The summed E-state index contributed by atoms with van der Waals surface area (Å²) < 4.78 is 3.60. The molecule has 86 valence electrons. The van der Waals surface area contributed by atoms with Gasteiger partial charge in [-0.25, -0.2) is 0 Å². The molecule has 16 heavy (non-hydrogen) atoms. The van der Waals surface area contributed by atoms with E-state index in [2.05, 4.69) is 20.1 Å². The van der Waals surface area contributed by atoms with Crippen LogP contribution < -0.4 is 11.1 Å². The van der Waals surface area contributed by atoms with Gasteiger partial charge in [0.15, 0.2) is 5.84 Å². The predicted molar refractivity (Wildman–Crippen MR) is 57.3 cm³/mol. The Hall–Kier alpha value is -1.70. The van der Waals surface area contributed by atoms with Crippen LogP contribution in [0.1, 0.15) is 22.5 Å². The van der Waals surface area contributed by atoms with Gasteiger partial charge in [-0.2, -0.15) is 0 Å². The van der Waals surface area contributed by atoms with E-state index in [4.69, 9.17) is 10.9 Å². The highest BCUT2D eigenvalue weighted by Crippen LogP contribution is 2.32. The highest BCUT2D eigenvalue weighted by Gasteiger charge is 2.35. The summed E-state index contributed by atoms with van der Waals surface area (Å²) >= 11 is 1.01. The molecule has 1 aliphatic rings. The van der Waals surface area contributed by atoms with E-state index in [-0.39, 0.29) is 17.7 Å². The van der Waals surface area contributed by atoms with Gasteiger partial charge in [0.05, 0.1) is 12.2 Å². The van der Waals surface area contributed by atoms with Gasteiger partial charge in [0.1, 0.15) is 4.88 Å². The van der Waals surface area contributed by atoms with Crippen LogP contribution in [-0.2, 0) is 0 Å².